The molecule has 0 unspecified atom stereocenters. The van der Waals surface area contributed by atoms with E-state index in [9.17, 15) is 23.5 Å². The Balaban J connectivity index is 2.19. The Labute approximate surface area is 192 Å². The topological polar surface area (TPSA) is 184 Å². The molecule has 1 aliphatic rings. The summed E-state index contributed by atoms with van der Waals surface area (Å²) in [5, 5.41) is 0. The first-order chi connectivity index (χ1) is 15.3. The molecule has 2 N–H and O–H groups in total. The van der Waals surface area contributed by atoms with Gasteiger partial charge in [-0.05, 0) is 17.7 Å². The summed E-state index contributed by atoms with van der Waals surface area (Å²) >= 11 is 5.13. The van der Waals surface area contributed by atoms with Gasteiger partial charge >= 0.3 is 27.0 Å². The van der Waals surface area contributed by atoms with Crippen LogP contribution < -0.4 is 4.52 Å². The molecular formula is C16H20ClNO13P2. The van der Waals surface area contributed by atoms with Gasteiger partial charge in [0.05, 0.1) is 13.2 Å². The van der Waals surface area contributed by atoms with Crippen molar-refractivity contribution in [3.63, 3.8) is 0 Å². The average Bonchev–Trinajstić information content (AvgIpc) is 2.71. The van der Waals surface area contributed by atoms with E-state index in [1.54, 1.807) is 0 Å². The third-order valence-electron chi connectivity index (χ3n) is 3.78. The predicted octanol–water partition coefficient (Wildman–Crippen LogP) is 1.82. The highest BCUT2D eigenvalue weighted by Gasteiger charge is 2.39. The second-order valence-electron chi connectivity index (χ2n) is 6.57. The van der Waals surface area contributed by atoms with Crippen molar-refractivity contribution in [1.82, 2.24) is 4.90 Å². The minimum absolute atomic E-state index is 0.279. The Morgan fingerprint density at radius 1 is 1.21 bits per heavy atom. The number of halogens is 1. The van der Waals surface area contributed by atoms with Crippen LogP contribution in [0.15, 0.2) is 18.2 Å². The number of carbonyl (C=O) groups is 3. The van der Waals surface area contributed by atoms with Crippen molar-refractivity contribution in [2.45, 2.75) is 12.7 Å². The first kappa shape index (κ1) is 27.2. The van der Waals surface area contributed by atoms with Crippen LogP contribution in [0.4, 0.5) is 4.79 Å². The van der Waals surface area contributed by atoms with Crippen LogP contribution >= 0.6 is 27.2 Å². The summed E-state index contributed by atoms with van der Waals surface area (Å²) < 4.78 is 52.7. The standard InChI is InChI=1S/C16H20ClNO13P2/c1-18(2)14(19)9-26-15(20)12-5-10(6-27-16(17)21)3-4-13(12)31-33(25)28-7-11(8-29-33)30-32(22,23)24/h3-5,11H,6-9H2,1-2H3,(H2,22,23,24). The van der Waals surface area contributed by atoms with Crippen molar-refractivity contribution < 1.29 is 60.9 Å². The maximum atomic E-state index is 12.7. The summed E-state index contributed by atoms with van der Waals surface area (Å²) in [6.45, 7) is -1.99. The fraction of sp³-hybridized carbons (Fsp3) is 0.438. The van der Waals surface area contributed by atoms with E-state index in [0.717, 1.165) is 0 Å². The van der Waals surface area contributed by atoms with Crippen molar-refractivity contribution >= 4 is 44.6 Å². The lowest BCUT2D eigenvalue weighted by Gasteiger charge is -2.28. The number of hydrogen-bond donors (Lipinski definition) is 2. The largest absolute Gasteiger partial charge is 0.530 e. The van der Waals surface area contributed by atoms with Crippen LogP contribution in [0, 0.1) is 0 Å². The Kier molecular flexibility index (Phi) is 9.41. The molecule has 0 aromatic heterocycles. The van der Waals surface area contributed by atoms with Gasteiger partial charge in [0.15, 0.2) is 6.61 Å². The van der Waals surface area contributed by atoms with Crippen molar-refractivity contribution in [2.75, 3.05) is 33.9 Å². The van der Waals surface area contributed by atoms with E-state index in [1.807, 2.05) is 0 Å². The van der Waals surface area contributed by atoms with Gasteiger partial charge < -0.3 is 28.7 Å². The minimum Gasteiger partial charge on any atom is -0.452 e. The van der Waals surface area contributed by atoms with Crippen molar-refractivity contribution in [3.05, 3.63) is 29.3 Å². The van der Waals surface area contributed by atoms with Gasteiger partial charge in [-0.1, -0.05) is 6.07 Å². The molecule has 0 saturated carbocycles. The summed E-state index contributed by atoms with van der Waals surface area (Å²) in [6, 6.07) is 3.73. The number of ether oxygens (including phenoxy) is 2. The third-order valence-corrected chi connectivity index (χ3v) is 5.81. The summed E-state index contributed by atoms with van der Waals surface area (Å²) in [4.78, 5) is 53.9. The molecule has 0 aliphatic carbocycles. The SMILES string of the molecule is CN(C)C(=O)COC(=O)c1cc(COC(=O)Cl)ccc1OP1(=O)OCC(OP(=O)(O)O)CO1. The van der Waals surface area contributed by atoms with E-state index < -0.39 is 58.9 Å². The molecule has 1 fully saturated rings. The number of phosphoric ester groups is 2. The van der Waals surface area contributed by atoms with Gasteiger partial charge in [-0.15, -0.1) is 0 Å². The molecule has 0 spiro atoms. The first-order valence-electron chi connectivity index (χ1n) is 8.93. The molecule has 184 valence electrons. The summed E-state index contributed by atoms with van der Waals surface area (Å²) in [5.74, 6) is -1.87. The Hall–Kier alpha value is -2.02. The number of benzene rings is 1. The molecule has 1 amide bonds. The smallest absolute Gasteiger partial charge is 0.452 e. The third kappa shape index (κ3) is 9.03. The average molecular weight is 532 g/mol. The second kappa shape index (κ2) is 11.4. The van der Waals surface area contributed by atoms with Crippen LogP contribution in [0.1, 0.15) is 15.9 Å². The molecular weight excluding hydrogens is 512 g/mol. The predicted molar refractivity (Wildman–Crippen MR) is 109 cm³/mol. The number of nitrogens with zero attached hydrogens (tertiary/aromatic N) is 1. The number of phosphoric acid groups is 2. The lowest BCUT2D eigenvalue weighted by Crippen LogP contribution is -2.30. The maximum Gasteiger partial charge on any atom is 0.530 e. The Morgan fingerprint density at radius 2 is 1.85 bits per heavy atom. The number of hydrogen-bond acceptors (Lipinski definition) is 11. The van der Waals surface area contributed by atoms with Gasteiger partial charge in [0.2, 0.25) is 0 Å². The van der Waals surface area contributed by atoms with Gasteiger partial charge in [0, 0.05) is 25.7 Å². The molecule has 14 nitrogen and oxygen atoms in total. The van der Waals surface area contributed by atoms with Crippen LogP contribution in [0.3, 0.4) is 0 Å². The zero-order valence-corrected chi connectivity index (χ0v) is 19.8. The van der Waals surface area contributed by atoms with Crippen molar-refractivity contribution in [3.8, 4) is 5.75 Å². The van der Waals surface area contributed by atoms with Crippen molar-refractivity contribution in [2.24, 2.45) is 0 Å². The van der Waals surface area contributed by atoms with E-state index in [2.05, 4.69) is 9.26 Å². The molecule has 1 aliphatic heterocycles. The lowest BCUT2D eigenvalue weighted by molar-refractivity contribution is -0.131. The lowest BCUT2D eigenvalue weighted by atomic mass is 10.1. The highest BCUT2D eigenvalue weighted by atomic mass is 35.5. The van der Waals surface area contributed by atoms with Gasteiger partial charge in [0.1, 0.15) is 24.0 Å². The molecule has 1 aromatic carbocycles. The van der Waals surface area contributed by atoms with Crippen LogP contribution in [0.25, 0.3) is 0 Å². The van der Waals surface area contributed by atoms with Gasteiger partial charge in [0.25, 0.3) is 5.91 Å². The highest BCUT2D eigenvalue weighted by molar-refractivity contribution is 7.49. The maximum absolute atomic E-state index is 12.7. The quantitative estimate of drug-likeness (QED) is 0.267. The Bertz CT molecular complexity index is 983. The van der Waals surface area contributed by atoms with Crippen molar-refractivity contribution in [1.29, 1.82) is 0 Å². The van der Waals surface area contributed by atoms with Crippen LogP contribution in [-0.4, -0.2) is 72.0 Å². The number of esters is 1. The fourth-order valence-corrected chi connectivity index (χ4v) is 4.09. The molecule has 0 radical (unpaired) electrons. The minimum atomic E-state index is -4.83. The number of amides is 1. The van der Waals surface area contributed by atoms with Crippen LogP contribution in [-0.2, 0) is 43.6 Å². The van der Waals surface area contributed by atoms with Crippen LogP contribution in [0.5, 0.6) is 5.75 Å². The van der Waals surface area contributed by atoms with E-state index in [-0.39, 0.29) is 23.5 Å². The normalized spacial score (nSPS) is 20.6. The summed E-state index contributed by atoms with van der Waals surface area (Å²) in [6.07, 6.45) is -1.22. The monoisotopic (exact) mass is 531 g/mol. The number of likely N-dealkylation sites (N-methyl/N-ethyl adjacent to an activating group) is 1. The number of carbonyl (C=O) groups excluding carboxylic acids is 3. The van der Waals surface area contributed by atoms with E-state index >= 15 is 0 Å². The van der Waals surface area contributed by atoms with Gasteiger partial charge in [-0.25, -0.2) is 18.7 Å². The molecule has 0 atom stereocenters. The van der Waals surface area contributed by atoms with E-state index in [0.29, 0.717) is 0 Å². The first-order valence-corrected chi connectivity index (χ1v) is 12.3. The Morgan fingerprint density at radius 3 is 2.39 bits per heavy atom. The molecule has 2 rings (SSSR count). The zero-order chi connectivity index (χ0) is 24.8. The number of rotatable bonds is 9. The van der Waals surface area contributed by atoms with Crippen LogP contribution in [0.2, 0.25) is 0 Å². The van der Waals surface area contributed by atoms with Gasteiger partial charge in [-0.3, -0.25) is 18.4 Å². The highest BCUT2D eigenvalue weighted by Crippen LogP contribution is 2.53. The van der Waals surface area contributed by atoms with E-state index in [4.69, 9.17) is 39.7 Å². The molecule has 1 saturated heterocycles. The fourth-order valence-electron chi connectivity index (χ4n) is 2.24. The molecule has 17 heteroatoms. The second-order valence-corrected chi connectivity index (χ2v) is 9.66. The summed E-state index contributed by atoms with van der Waals surface area (Å²) in [5.41, 5.74) is -1.11. The molecule has 0 bridgehead atoms. The molecule has 33 heavy (non-hydrogen) atoms. The molecule has 1 aromatic rings. The van der Waals surface area contributed by atoms with E-state index in [1.165, 1.54) is 37.2 Å². The molecule has 1 heterocycles. The van der Waals surface area contributed by atoms with Gasteiger partial charge in [-0.2, -0.15) is 0 Å². The zero-order valence-electron chi connectivity index (χ0n) is 17.2. The summed E-state index contributed by atoms with van der Waals surface area (Å²) in [7, 11) is -6.25.